The molecule has 1 fully saturated rings. The van der Waals surface area contributed by atoms with Crippen molar-refractivity contribution in [1.29, 1.82) is 0 Å². The number of carbonyl (C=O) groups excluding carboxylic acids is 1. The fourth-order valence-electron chi connectivity index (χ4n) is 2.30. The van der Waals surface area contributed by atoms with Crippen molar-refractivity contribution < 1.29 is 9.21 Å². The Morgan fingerprint density at radius 1 is 1.36 bits per heavy atom. The third-order valence-corrected chi connectivity index (χ3v) is 3.71. The van der Waals surface area contributed by atoms with Gasteiger partial charge in [0, 0.05) is 30.6 Å². The van der Waals surface area contributed by atoms with Crippen molar-refractivity contribution in [3.63, 3.8) is 0 Å². The zero-order valence-corrected chi connectivity index (χ0v) is 12.9. The van der Waals surface area contributed by atoms with Crippen molar-refractivity contribution in [2.75, 3.05) is 18.8 Å². The van der Waals surface area contributed by atoms with Crippen molar-refractivity contribution in [2.45, 2.75) is 32.1 Å². The number of hydrogen-bond donors (Lipinski definition) is 1. The number of carbonyl (C=O) groups is 1. The predicted molar refractivity (Wildman–Crippen MR) is 80.3 cm³/mol. The molecule has 0 aromatic carbocycles. The zero-order chi connectivity index (χ0) is 15.9. The standard InChI is InChI=1S/C15H19N5O2/c1-15(2,3)11-6-18-12(22-11)13(21)20-7-9(8-20)10-4-5-17-14(16)19-10/h4-6,9H,7-8H2,1-3H3,(H2,16,17,19). The van der Waals surface area contributed by atoms with Gasteiger partial charge in [-0.05, 0) is 6.07 Å². The molecule has 3 rings (SSSR count). The lowest BCUT2D eigenvalue weighted by Gasteiger charge is -2.37. The minimum atomic E-state index is -0.186. The maximum absolute atomic E-state index is 12.3. The number of nitrogen functional groups attached to an aromatic ring is 1. The van der Waals surface area contributed by atoms with Gasteiger partial charge in [-0.1, -0.05) is 20.8 Å². The Kier molecular flexibility index (Phi) is 3.35. The van der Waals surface area contributed by atoms with Crippen LogP contribution >= 0.6 is 0 Å². The summed E-state index contributed by atoms with van der Waals surface area (Å²) < 4.78 is 5.58. The molecule has 0 radical (unpaired) electrons. The fraction of sp³-hybridized carbons (Fsp3) is 0.467. The van der Waals surface area contributed by atoms with Crippen molar-refractivity contribution >= 4 is 11.9 Å². The van der Waals surface area contributed by atoms with E-state index in [1.54, 1.807) is 17.3 Å². The molecule has 1 aliphatic rings. The first-order valence-corrected chi connectivity index (χ1v) is 7.18. The Bertz CT molecular complexity index is 698. The Morgan fingerprint density at radius 2 is 2.09 bits per heavy atom. The van der Waals surface area contributed by atoms with Crippen molar-refractivity contribution in [3.8, 4) is 0 Å². The first-order chi connectivity index (χ1) is 10.3. The van der Waals surface area contributed by atoms with Crippen molar-refractivity contribution in [3.05, 3.63) is 35.8 Å². The molecule has 0 atom stereocenters. The second-order valence-corrected chi connectivity index (χ2v) is 6.53. The smallest absolute Gasteiger partial charge is 0.309 e. The molecule has 0 saturated carbocycles. The van der Waals surface area contributed by atoms with Gasteiger partial charge in [-0.3, -0.25) is 4.79 Å². The quantitative estimate of drug-likeness (QED) is 0.904. The van der Waals surface area contributed by atoms with Crippen LogP contribution in [0.1, 0.15) is 48.8 Å². The molecule has 116 valence electrons. The van der Waals surface area contributed by atoms with Crippen LogP contribution in [0.2, 0.25) is 0 Å². The van der Waals surface area contributed by atoms with E-state index in [0.29, 0.717) is 18.8 Å². The first-order valence-electron chi connectivity index (χ1n) is 7.18. The van der Waals surface area contributed by atoms with E-state index < -0.39 is 0 Å². The van der Waals surface area contributed by atoms with E-state index in [-0.39, 0.29) is 29.1 Å². The summed E-state index contributed by atoms with van der Waals surface area (Å²) in [4.78, 5) is 26.2. The number of hydrogen-bond acceptors (Lipinski definition) is 6. The Balaban J connectivity index is 1.65. The lowest BCUT2D eigenvalue weighted by atomic mass is 9.94. The SMILES string of the molecule is CC(C)(C)c1cnc(C(=O)N2CC(c3ccnc(N)n3)C2)o1. The average molecular weight is 301 g/mol. The van der Waals surface area contributed by atoms with Crippen LogP contribution in [0, 0.1) is 0 Å². The van der Waals surface area contributed by atoms with E-state index in [9.17, 15) is 4.79 Å². The van der Waals surface area contributed by atoms with Gasteiger partial charge in [0.25, 0.3) is 5.89 Å². The summed E-state index contributed by atoms with van der Waals surface area (Å²) in [6, 6.07) is 1.83. The molecule has 2 N–H and O–H groups in total. The molecule has 0 spiro atoms. The maximum Gasteiger partial charge on any atom is 0.309 e. The van der Waals surface area contributed by atoms with Crippen LogP contribution in [0.5, 0.6) is 0 Å². The molecular weight excluding hydrogens is 282 g/mol. The van der Waals surface area contributed by atoms with E-state index in [0.717, 1.165) is 5.69 Å². The van der Waals surface area contributed by atoms with E-state index in [1.807, 2.05) is 26.8 Å². The van der Waals surface area contributed by atoms with Crippen LogP contribution in [0.15, 0.2) is 22.9 Å². The summed E-state index contributed by atoms with van der Waals surface area (Å²) in [5, 5.41) is 0. The molecule has 2 aromatic rings. The fourth-order valence-corrected chi connectivity index (χ4v) is 2.30. The van der Waals surface area contributed by atoms with Crippen molar-refractivity contribution in [2.24, 2.45) is 0 Å². The highest BCUT2D eigenvalue weighted by molar-refractivity contribution is 5.90. The third kappa shape index (κ3) is 2.66. The van der Waals surface area contributed by atoms with Gasteiger partial charge in [0.2, 0.25) is 5.95 Å². The lowest BCUT2D eigenvalue weighted by molar-refractivity contribution is 0.0554. The highest BCUT2D eigenvalue weighted by Crippen LogP contribution is 2.28. The van der Waals surface area contributed by atoms with Gasteiger partial charge in [-0.25, -0.2) is 15.0 Å². The number of rotatable bonds is 2. The van der Waals surface area contributed by atoms with Gasteiger partial charge in [0.1, 0.15) is 5.76 Å². The van der Waals surface area contributed by atoms with E-state index >= 15 is 0 Å². The average Bonchev–Trinajstić information content (AvgIpc) is 2.86. The summed E-state index contributed by atoms with van der Waals surface area (Å²) in [7, 11) is 0. The molecular formula is C15H19N5O2. The highest BCUT2D eigenvalue weighted by atomic mass is 16.4. The summed E-state index contributed by atoms with van der Waals surface area (Å²) in [6.07, 6.45) is 3.25. The van der Waals surface area contributed by atoms with Crippen LogP contribution < -0.4 is 5.73 Å². The summed E-state index contributed by atoms with van der Waals surface area (Å²) in [5.74, 6) is 1.10. The third-order valence-electron chi connectivity index (χ3n) is 3.71. The van der Waals surface area contributed by atoms with Crippen LogP contribution in [0.4, 0.5) is 5.95 Å². The molecule has 1 amide bonds. The molecule has 7 nitrogen and oxygen atoms in total. The molecule has 0 bridgehead atoms. The molecule has 3 heterocycles. The van der Waals surface area contributed by atoms with Crippen LogP contribution in [0.3, 0.4) is 0 Å². The van der Waals surface area contributed by atoms with E-state index in [1.165, 1.54) is 0 Å². The van der Waals surface area contributed by atoms with E-state index in [2.05, 4.69) is 15.0 Å². The zero-order valence-electron chi connectivity index (χ0n) is 12.9. The largest absolute Gasteiger partial charge is 0.437 e. The number of amides is 1. The highest BCUT2D eigenvalue weighted by Gasteiger charge is 2.35. The molecule has 1 saturated heterocycles. The van der Waals surface area contributed by atoms with Gasteiger partial charge in [-0.2, -0.15) is 0 Å². The van der Waals surface area contributed by atoms with Crippen LogP contribution in [-0.2, 0) is 5.41 Å². The summed E-state index contributed by atoms with van der Waals surface area (Å²) in [6.45, 7) is 7.22. The number of nitrogens with zero attached hydrogens (tertiary/aromatic N) is 4. The molecule has 0 unspecified atom stereocenters. The van der Waals surface area contributed by atoms with Gasteiger partial charge in [0.15, 0.2) is 0 Å². The van der Waals surface area contributed by atoms with Crippen LogP contribution in [0.25, 0.3) is 0 Å². The first kappa shape index (κ1) is 14.5. The van der Waals surface area contributed by atoms with Crippen molar-refractivity contribution in [1.82, 2.24) is 19.9 Å². The number of oxazole rings is 1. The Labute approximate surface area is 128 Å². The number of nitrogens with two attached hydrogens (primary N) is 1. The maximum atomic E-state index is 12.3. The molecule has 1 aliphatic heterocycles. The number of anilines is 1. The van der Waals surface area contributed by atoms with Crippen LogP contribution in [-0.4, -0.2) is 38.8 Å². The second-order valence-electron chi connectivity index (χ2n) is 6.53. The minimum absolute atomic E-state index is 0.144. The molecule has 7 heteroatoms. The normalized spacial score (nSPS) is 15.7. The molecule has 2 aromatic heterocycles. The van der Waals surface area contributed by atoms with Gasteiger partial charge in [0.05, 0.1) is 11.9 Å². The summed E-state index contributed by atoms with van der Waals surface area (Å²) >= 11 is 0. The lowest BCUT2D eigenvalue weighted by Crippen LogP contribution is -2.48. The number of likely N-dealkylation sites (tertiary alicyclic amines) is 1. The topological polar surface area (TPSA) is 98.1 Å². The number of aromatic nitrogens is 3. The summed E-state index contributed by atoms with van der Waals surface area (Å²) in [5.41, 5.74) is 6.27. The predicted octanol–water partition coefficient (Wildman–Crippen LogP) is 1.58. The molecule has 22 heavy (non-hydrogen) atoms. The minimum Gasteiger partial charge on any atom is -0.437 e. The van der Waals surface area contributed by atoms with Gasteiger partial charge >= 0.3 is 5.91 Å². The molecule has 0 aliphatic carbocycles. The van der Waals surface area contributed by atoms with Gasteiger partial charge in [-0.15, -0.1) is 0 Å². The van der Waals surface area contributed by atoms with E-state index in [4.69, 9.17) is 10.2 Å². The second kappa shape index (κ2) is 5.08. The Hall–Kier alpha value is -2.44. The Morgan fingerprint density at radius 3 is 2.68 bits per heavy atom. The van der Waals surface area contributed by atoms with Gasteiger partial charge < -0.3 is 15.1 Å². The monoisotopic (exact) mass is 301 g/mol.